The quantitative estimate of drug-likeness (QED) is 0.649. The predicted octanol–water partition coefficient (Wildman–Crippen LogP) is 2.19. The Kier molecular flexibility index (Phi) is 4.57. The van der Waals surface area contributed by atoms with Gasteiger partial charge in [-0.15, -0.1) is 0 Å². The van der Waals surface area contributed by atoms with Gasteiger partial charge in [0.15, 0.2) is 5.96 Å². The summed E-state index contributed by atoms with van der Waals surface area (Å²) in [5.74, 6) is 1.19. The van der Waals surface area contributed by atoms with E-state index in [0.717, 1.165) is 12.0 Å². The van der Waals surface area contributed by atoms with E-state index in [1.54, 1.807) is 11.9 Å². The van der Waals surface area contributed by atoms with Crippen LogP contribution in [0.5, 0.6) is 0 Å². The molecule has 2 rings (SSSR count). The standard InChI is InChI=1S/C15H21N5O/c1-4-12(20(3)15(16)17)9-13-18-14(19-21-13)11-7-5-10(2)6-8-11/h5-8,12H,4,9H2,1-3H3,(H3,16,17). The number of nitrogens with one attached hydrogen (secondary N) is 1. The fourth-order valence-electron chi connectivity index (χ4n) is 2.11. The van der Waals surface area contributed by atoms with Gasteiger partial charge in [0.05, 0.1) is 0 Å². The third kappa shape index (κ3) is 3.59. The zero-order valence-corrected chi connectivity index (χ0v) is 12.6. The molecule has 1 unspecified atom stereocenters. The van der Waals surface area contributed by atoms with E-state index in [9.17, 15) is 0 Å². The lowest BCUT2D eigenvalue weighted by atomic mass is 10.1. The molecule has 0 saturated carbocycles. The molecule has 0 saturated heterocycles. The Morgan fingerprint density at radius 3 is 2.62 bits per heavy atom. The van der Waals surface area contributed by atoms with Gasteiger partial charge in [-0.1, -0.05) is 41.9 Å². The predicted molar refractivity (Wildman–Crippen MR) is 81.9 cm³/mol. The molecule has 0 bridgehead atoms. The van der Waals surface area contributed by atoms with E-state index in [4.69, 9.17) is 15.7 Å². The first kappa shape index (κ1) is 15.0. The van der Waals surface area contributed by atoms with Crippen LogP contribution in [0.25, 0.3) is 11.4 Å². The van der Waals surface area contributed by atoms with Gasteiger partial charge in [0.1, 0.15) is 0 Å². The molecule has 21 heavy (non-hydrogen) atoms. The number of nitrogens with two attached hydrogens (primary N) is 1. The molecular formula is C15H21N5O. The van der Waals surface area contributed by atoms with E-state index < -0.39 is 0 Å². The molecule has 1 heterocycles. The minimum absolute atomic E-state index is 0.0418. The zero-order valence-electron chi connectivity index (χ0n) is 12.6. The fraction of sp³-hybridized carbons (Fsp3) is 0.400. The highest BCUT2D eigenvalue weighted by Gasteiger charge is 2.18. The van der Waals surface area contributed by atoms with Crippen LogP contribution in [0, 0.1) is 12.3 Å². The number of rotatable bonds is 5. The average Bonchev–Trinajstić information content (AvgIpc) is 2.93. The molecule has 0 aliphatic rings. The highest BCUT2D eigenvalue weighted by atomic mass is 16.5. The van der Waals surface area contributed by atoms with Crippen molar-refractivity contribution in [3.05, 3.63) is 35.7 Å². The van der Waals surface area contributed by atoms with Crippen LogP contribution >= 0.6 is 0 Å². The van der Waals surface area contributed by atoms with Gasteiger partial charge >= 0.3 is 0 Å². The van der Waals surface area contributed by atoms with Crippen molar-refractivity contribution >= 4 is 5.96 Å². The number of aryl methyl sites for hydroxylation is 1. The summed E-state index contributed by atoms with van der Waals surface area (Å²) in [7, 11) is 1.80. The van der Waals surface area contributed by atoms with Crippen LogP contribution in [0.4, 0.5) is 0 Å². The van der Waals surface area contributed by atoms with Crippen molar-refractivity contribution in [3.63, 3.8) is 0 Å². The lowest BCUT2D eigenvalue weighted by Gasteiger charge is -2.25. The first-order valence-electron chi connectivity index (χ1n) is 6.97. The Morgan fingerprint density at radius 1 is 1.38 bits per heavy atom. The number of nitrogens with zero attached hydrogens (tertiary/aromatic N) is 3. The molecule has 0 fully saturated rings. The van der Waals surface area contributed by atoms with E-state index in [-0.39, 0.29) is 12.0 Å². The van der Waals surface area contributed by atoms with Gasteiger partial charge in [-0.05, 0) is 13.3 Å². The van der Waals surface area contributed by atoms with Crippen molar-refractivity contribution in [2.75, 3.05) is 7.05 Å². The minimum Gasteiger partial charge on any atom is -0.370 e. The molecule has 0 spiro atoms. The van der Waals surface area contributed by atoms with Crippen molar-refractivity contribution < 1.29 is 4.52 Å². The van der Waals surface area contributed by atoms with Crippen LogP contribution < -0.4 is 5.73 Å². The van der Waals surface area contributed by atoms with E-state index in [1.807, 2.05) is 38.1 Å². The maximum absolute atomic E-state index is 7.50. The Balaban J connectivity index is 2.12. The van der Waals surface area contributed by atoms with Gasteiger partial charge in [-0.25, -0.2) is 0 Å². The molecule has 0 aliphatic heterocycles. The Labute approximate surface area is 124 Å². The normalized spacial score (nSPS) is 12.1. The Morgan fingerprint density at radius 2 is 2.05 bits per heavy atom. The molecule has 1 atom stereocenters. The molecule has 0 amide bonds. The van der Waals surface area contributed by atoms with Crippen molar-refractivity contribution in [1.29, 1.82) is 5.41 Å². The van der Waals surface area contributed by atoms with E-state index in [1.165, 1.54) is 5.56 Å². The van der Waals surface area contributed by atoms with Gasteiger partial charge in [0, 0.05) is 25.1 Å². The number of likely N-dealkylation sites (N-methyl/N-ethyl adjacent to an activating group) is 1. The van der Waals surface area contributed by atoms with E-state index >= 15 is 0 Å². The van der Waals surface area contributed by atoms with Gasteiger partial charge in [0.25, 0.3) is 0 Å². The third-order valence-electron chi connectivity index (χ3n) is 3.59. The van der Waals surface area contributed by atoms with Crippen LogP contribution in [0.1, 0.15) is 24.8 Å². The number of aromatic nitrogens is 2. The van der Waals surface area contributed by atoms with Crippen molar-refractivity contribution in [1.82, 2.24) is 15.0 Å². The fourth-order valence-corrected chi connectivity index (χ4v) is 2.11. The average molecular weight is 287 g/mol. The molecule has 2 aromatic rings. The highest BCUT2D eigenvalue weighted by Crippen LogP contribution is 2.18. The first-order valence-corrected chi connectivity index (χ1v) is 6.97. The minimum atomic E-state index is 0.0418. The summed E-state index contributed by atoms with van der Waals surface area (Å²) in [6.07, 6.45) is 1.42. The van der Waals surface area contributed by atoms with Crippen LogP contribution in [0.3, 0.4) is 0 Å². The Hall–Kier alpha value is -2.37. The summed E-state index contributed by atoms with van der Waals surface area (Å²) >= 11 is 0. The SMILES string of the molecule is CCC(Cc1nc(-c2ccc(C)cc2)no1)N(C)C(=N)N. The molecule has 1 aromatic carbocycles. The van der Waals surface area contributed by atoms with Gasteiger partial charge in [0.2, 0.25) is 11.7 Å². The van der Waals surface area contributed by atoms with Crippen LogP contribution in [-0.2, 0) is 6.42 Å². The topological polar surface area (TPSA) is 92.0 Å². The van der Waals surface area contributed by atoms with E-state index in [0.29, 0.717) is 18.1 Å². The molecule has 1 aromatic heterocycles. The van der Waals surface area contributed by atoms with Gasteiger partial charge in [-0.2, -0.15) is 4.98 Å². The molecule has 112 valence electrons. The summed E-state index contributed by atoms with van der Waals surface area (Å²) in [5.41, 5.74) is 7.64. The largest absolute Gasteiger partial charge is 0.370 e. The lowest BCUT2D eigenvalue weighted by molar-refractivity contribution is 0.300. The summed E-state index contributed by atoms with van der Waals surface area (Å²) in [5, 5.41) is 11.5. The maximum Gasteiger partial charge on any atom is 0.229 e. The molecule has 0 aliphatic carbocycles. The summed E-state index contributed by atoms with van der Waals surface area (Å²) in [6, 6.07) is 8.06. The van der Waals surface area contributed by atoms with Gasteiger partial charge in [-0.3, -0.25) is 5.41 Å². The molecule has 6 heteroatoms. The molecule has 6 nitrogen and oxygen atoms in total. The first-order chi connectivity index (χ1) is 10.0. The van der Waals surface area contributed by atoms with Crippen LogP contribution in [0.15, 0.2) is 28.8 Å². The van der Waals surface area contributed by atoms with Crippen molar-refractivity contribution in [3.8, 4) is 11.4 Å². The number of guanidine groups is 1. The van der Waals surface area contributed by atoms with Crippen molar-refractivity contribution in [2.24, 2.45) is 5.73 Å². The smallest absolute Gasteiger partial charge is 0.229 e. The second kappa shape index (κ2) is 6.39. The molecule has 3 N–H and O–H groups in total. The second-order valence-corrected chi connectivity index (χ2v) is 5.14. The molecular weight excluding hydrogens is 266 g/mol. The van der Waals surface area contributed by atoms with Crippen LogP contribution in [-0.4, -0.2) is 34.1 Å². The third-order valence-corrected chi connectivity index (χ3v) is 3.59. The van der Waals surface area contributed by atoms with E-state index in [2.05, 4.69) is 10.1 Å². The monoisotopic (exact) mass is 287 g/mol. The number of benzene rings is 1. The van der Waals surface area contributed by atoms with Crippen molar-refractivity contribution in [2.45, 2.75) is 32.7 Å². The number of hydrogen-bond donors (Lipinski definition) is 2. The van der Waals surface area contributed by atoms with Gasteiger partial charge < -0.3 is 15.2 Å². The summed E-state index contributed by atoms with van der Waals surface area (Å²) in [4.78, 5) is 6.14. The highest BCUT2D eigenvalue weighted by molar-refractivity contribution is 5.74. The summed E-state index contributed by atoms with van der Waals surface area (Å²) < 4.78 is 5.31. The maximum atomic E-state index is 7.50. The summed E-state index contributed by atoms with van der Waals surface area (Å²) in [6.45, 7) is 4.08. The van der Waals surface area contributed by atoms with Crippen LogP contribution in [0.2, 0.25) is 0 Å². The number of hydrogen-bond acceptors (Lipinski definition) is 4. The Bertz CT molecular complexity index is 605. The second-order valence-electron chi connectivity index (χ2n) is 5.14. The lowest BCUT2D eigenvalue weighted by Crippen LogP contribution is -2.42. The molecule has 0 radical (unpaired) electrons. The zero-order chi connectivity index (χ0) is 15.4.